The van der Waals surface area contributed by atoms with Gasteiger partial charge in [-0.1, -0.05) is 43.0 Å². The second-order valence-electron chi connectivity index (χ2n) is 9.12. The fraction of sp³-hybridized carbons (Fsp3) is 0.560. The minimum Gasteiger partial charge on any atom is -0.400 e. The highest BCUT2D eigenvalue weighted by Crippen LogP contribution is 2.33. The zero-order chi connectivity index (χ0) is 24.7. The lowest BCUT2D eigenvalue weighted by atomic mass is 9.96. The van der Waals surface area contributed by atoms with Gasteiger partial charge in [-0.05, 0) is 56.4 Å². The zero-order valence-corrected chi connectivity index (χ0v) is 20.3. The Morgan fingerprint density at radius 3 is 2.62 bits per heavy atom. The van der Waals surface area contributed by atoms with Crippen molar-refractivity contribution in [1.29, 1.82) is 0 Å². The number of halogens is 1. The van der Waals surface area contributed by atoms with Crippen molar-refractivity contribution in [2.24, 2.45) is 10.7 Å². The summed E-state index contributed by atoms with van der Waals surface area (Å²) < 4.78 is 0. The number of nitrogens with zero attached hydrogens (tertiary/aromatic N) is 2. The molecule has 0 aromatic heterocycles. The molecule has 1 unspecified atom stereocenters. The van der Waals surface area contributed by atoms with Crippen molar-refractivity contribution in [1.82, 2.24) is 10.2 Å². The topological polar surface area (TPSA) is 128 Å². The molecule has 1 aromatic carbocycles. The molecule has 8 nitrogen and oxygen atoms in total. The van der Waals surface area contributed by atoms with Crippen LogP contribution in [-0.2, 0) is 9.59 Å². The van der Waals surface area contributed by atoms with E-state index in [2.05, 4.69) is 10.3 Å². The summed E-state index contributed by atoms with van der Waals surface area (Å²) in [5.41, 5.74) is 7.25. The van der Waals surface area contributed by atoms with E-state index < -0.39 is 30.1 Å². The highest BCUT2D eigenvalue weighted by molar-refractivity contribution is 6.30. The van der Waals surface area contributed by atoms with Gasteiger partial charge in [0.2, 0.25) is 0 Å². The first-order chi connectivity index (χ1) is 16.3. The maximum Gasteiger partial charge on any atom is 0.255 e. The van der Waals surface area contributed by atoms with Gasteiger partial charge in [-0.3, -0.25) is 14.6 Å². The van der Waals surface area contributed by atoms with E-state index in [1.54, 1.807) is 37.4 Å². The van der Waals surface area contributed by atoms with E-state index in [0.29, 0.717) is 29.7 Å². The molecule has 4 atom stereocenters. The first-order valence-corrected chi connectivity index (χ1v) is 12.4. The molecule has 0 radical (unpaired) electrons. The fourth-order valence-corrected chi connectivity index (χ4v) is 4.75. The van der Waals surface area contributed by atoms with Crippen LogP contribution < -0.4 is 11.1 Å². The Balaban J connectivity index is 1.55. The monoisotopic (exact) mass is 490 g/mol. The summed E-state index contributed by atoms with van der Waals surface area (Å²) in [6.45, 7) is 2.09. The van der Waals surface area contributed by atoms with Crippen molar-refractivity contribution >= 4 is 29.6 Å². The van der Waals surface area contributed by atoms with Crippen molar-refractivity contribution in [3.63, 3.8) is 0 Å². The van der Waals surface area contributed by atoms with Gasteiger partial charge in [0.25, 0.3) is 11.8 Å². The van der Waals surface area contributed by atoms with Gasteiger partial charge in [0.05, 0.1) is 12.1 Å². The van der Waals surface area contributed by atoms with Gasteiger partial charge in [-0.15, -0.1) is 0 Å². The number of nitrogens with one attached hydrogen (secondary N) is 1. The van der Waals surface area contributed by atoms with Crippen molar-refractivity contribution in [3.8, 4) is 0 Å². The molecule has 34 heavy (non-hydrogen) atoms. The van der Waals surface area contributed by atoms with Gasteiger partial charge in [0.15, 0.2) is 12.2 Å². The minimum atomic E-state index is -1.92. The maximum atomic E-state index is 12.9. The number of benzene rings is 1. The lowest BCUT2D eigenvalue weighted by molar-refractivity contribution is -0.154. The van der Waals surface area contributed by atoms with E-state index >= 15 is 0 Å². The quantitative estimate of drug-likeness (QED) is 0.416. The number of amides is 2. The van der Waals surface area contributed by atoms with Crippen molar-refractivity contribution in [3.05, 3.63) is 46.6 Å². The summed E-state index contributed by atoms with van der Waals surface area (Å²) in [4.78, 5) is 31.4. The third kappa shape index (κ3) is 6.81. The van der Waals surface area contributed by atoms with Crippen LogP contribution in [0.15, 0.2) is 41.0 Å². The Labute approximate surface area is 205 Å². The molecule has 1 aliphatic carbocycles. The van der Waals surface area contributed by atoms with E-state index in [1.807, 2.05) is 6.07 Å². The normalized spacial score (nSPS) is 22.5. The van der Waals surface area contributed by atoms with E-state index in [9.17, 15) is 19.8 Å². The Morgan fingerprint density at radius 2 is 1.91 bits per heavy atom. The molecular formula is C25H35ClN4O4. The molecule has 186 valence electrons. The number of nitrogens with two attached hydrogens (primary N) is 1. The third-order valence-electron chi connectivity index (χ3n) is 6.59. The van der Waals surface area contributed by atoms with Crippen LogP contribution in [0.5, 0.6) is 0 Å². The summed E-state index contributed by atoms with van der Waals surface area (Å²) >= 11 is 6.08. The fourth-order valence-electron chi connectivity index (χ4n) is 4.55. The molecule has 5 N–H and O–H groups in total. The van der Waals surface area contributed by atoms with Crippen LogP contribution in [0.2, 0.25) is 5.02 Å². The molecule has 1 aromatic rings. The molecule has 1 aliphatic heterocycles. The standard InChI is InChI=1S/C25H35ClN4O4/c1-16(20(27)12-13-28-19-9-3-2-4-10-19)29-24(33)22(31)23(32)25(34)30-14-6-11-21(30)17-7-5-8-18(26)15-17/h5,7-8,12-13,15-16,19,21-23,31-32H,2-4,6,9-11,14,27H2,1H3,(H,29,33)/t16-,21?,22-,23-/m1/s1. The van der Waals surface area contributed by atoms with Crippen LogP contribution >= 0.6 is 11.6 Å². The Bertz CT molecular complexity index is 916. The number of likely N-dealkylation sites (tertiary alicyclic amines) is 1. The van der Waals surface area contributed by atoms with Crippen molar-refractivity contribution in [2.45, 2.75) is 82.2 Å². The highest BCUT2D eigenvalue weighted by Gasteiger charge is 2.38. The second kappa shape index (κ2) is 12.3. The van der Waals surface area contributed by atoms with Gasteiger partial charge in [0.1, 0.15) is 0 Å². The van der Waals surface area contributed by atoms with Gasteiger partial charge in [-0.25, -0.2) is 0 Å². The third-order valence-corrected chi connectivity index (χ3v) is 6.82. The predicted molar refractivity (Wildman–Crippen MR) is 132 cm³/mol. The average Bonchev–Trinajstić information content (AvgIpc) is 3.33. The number of hydrogen-bond donors (Lipinski definition) is 4. The number of carbonyl (C=O) groups excluding carboxylic acids is 2. The summed E-state index contributed by atoms with van der Waals surface area (Å²) in [5.74, 6) is -1.56. The van der Waals surface area contributed by atoms with Crippen LogP contribution in [-0.4, -0.2) is 64.0 Å². The largest absolute Gasteiger partial charge is 0.400 e. The van der Waals surface area contributed by atoms with E-state index in [0.717, 1.165) is 24.8 Å². The van der Waals surface area contributed by atoms with Crippen molar-refractivity contribution in [2.75, 3.05) is 6.54 Å². The smallest absolute Gasteiger partial charge is 0.255 e. The number of allylic oxidation sites excluding steroid dienone is 1. The summed E-state index contributed by atoms with van der Waals surface area (Å²) in [6, 6.07) is 6.64. The number of aliphatic hydroxyl groups is 2. The number of hydrogen-bond acceptors (Lipinski definition) is 6. The molecular weight excluding hydrogens is 456 g/mol. The molecule has 9 heteroatoms. The van der Waals surface area contributed by atoms with Crippen LogP contribution in [0.1, 0.15) is 63.5 Å². The first-order valence-electron chi connectivity index (χ1n) is 12.0. The number of carbonyl (C=O) groups is 2. The molecule has 0 bridgehead atoms. The lowest BCUT2D eigenvalue weighted by Gasteiger charge is -2.29. The molecule has 1 saturated heterocycles. The Kier molecular flexibility index (Phi) is 9.50. The van der Waals surface area contributed by atoms with E-state index in [4.69, 9.17) is 17.3 Å². The summed E-state index contributed by atoms with van der Waals surface area (Å²) in [6.07, 6.45) is 6.72. The van der Waals surface area contributed by atoms with E-state index in [-0.39, 0.29) is 6.04 Å². The SMILES string of the molecule is C[C@@H](NC(=O)[C@H](O)[C@@H](O)C(=O)N1CCCC1c1cccc(Cl)c1)C(N)=CC=NC1CCCCC1. The first kappa shape index (κ1) is 26.2. The number of aliphatic hydroxyl groups excluding tert-OH is 2. The van der Waals surface area contributed by atoms with Crippen molar-refractivity contribution < 1.29 is 19.8 Å². The molecule has 2 aliphatic rings. The summed E-state index contributed by atoms with van der Waals surface area (Å²) in [5, 5.41) is 24.0. The highest BCUT2D eigenvalue weighted by atomic mass is 35.5. The Morgan fingerprint density at radius 1 is 1.18 bits per heavy atom. The molecule has 3 rings (SSSR count). The minimum absolute atomic E-state index is 0.267. The number of rotatable bonds is 8. The maximum absolute atomic E-state index is 12.9. The second-order valence-corrected chi connectivity index (χ2v) is 9.56. The summed E-state index contributed by atoms with van der Waals surface area (Å²) in [7, 11) is 0. The molecule has 2 fully saturated rings. The van der Waals surface area contributed by atoms with Gasteiger partial charge in [0, 0.05) is 29.5 Å². The lowest BCUT2D eigenvalue weighted by Crippen LogP contribution is -2.52. The van der Waals surface area contributed by atoms with E-state index in [1.165, 1.54) is 24.2 Å². The molecule has 1 saturated carbocycles. The van der Waals surface area contributed by atoms with Gasteiger partial charge < -0.3 is 26.2 Å². The molecule has 0 spiro atoms. The number of aliphatic imine (C=N–C) groups is 1. The van der Waals surface area contributed by atoms with Crippen LogP contribution in [0, 0.1) is 0 Å². The van der Waals surface area contributed by atoms with Gasteiger partial charge >= 0.3 is 0 Å². The average molecular weight is 491 g/mol. The van der Waals surface area contributed by atoms with Crippen LogP contribution in [0.25, 0.3) is 0 Å². The van der Waals surface area contributed by atoms with Crippen LogP contribution in [0.4, 0.5) is 0 Å². The molecule has 2 amide bonds. The predicted octanol–water partition coefficient (Wildman–Crippen LogP) is 2.48. The Hall–Kier alpha value is -2.42. The van der Waals surface area contributed by atoms with Crippen LogP contribution in [0.3, 0.4) is 0 Å². The van der Waals surface area contributed by atoms with Gasteiger partial charge in [-0.2, -0.15) is 0 Å². The zero-order valence-electron chi connectivity index (χ0n) is 19.6. The molecule has 1 heterocycles.